The zero-order valence-corrected chi connectivity index (χ0v) is 9.18. The van der Waals surface area contributed by atoms with Gasteiger partial charge in [-0.05, 0) is 31.0 Å². The highest BCUT2D eigenvalue weighted by molar-refractivity contribution is 5.41. The van der Waals surface area contributed by atoms with Crippen LogP contribution in [0.25, 0.3) is 5.69 Å². The topological polar surface area (TPSA) is 61.6 Å². The first-order valence-corrected chi connectivity index (χ1v) is 5.60. The summed E-state index contributed by atoms with van der Waals surface area (Å²) in [4.78, 5) is 11.8. The second kappa shape index (κ2) is 3.63. The van der Waals surface area contributed by atoms with Crippen molar-refractivity contribution in [2.45, 2.75) is 18.8 Å². The molecule has 0 atom stereocenters. The molecule has 2 aromatic rings. The Morgan fingerprint density at radius 3 is 2.88 bits per heavy atom. The molecular weight excluding hydrogens is 214 g/mol. The van der Waals surface area contributed by atoms with Crippen LogP contribution in [-0.4, -0.2) is 9.78 Å². The van der Waals surface area contributed by atoms with E-state index in [9.17, 15) is 4.79 Å². The second-order valence-electron chi connectivity index (χ2n) is 4.32. The van der Waals surface area contributed by atoms with Crippen LogP contribution in [-0.2, 0) is 0 Å². The van der Waals surface area contributed by atoms with E-state index in [4.69, 9.17) is 5.26 Å². The van der Waals surface area contributed by atoms with Gasteiger partial charge in [0.05, 0.1) is 17.3 Å². The van der Waals surface area contributed by atoms with Crippen LogP contribution in [0.5, 0.6) is 0 Å². The molecule has 4 nitrogen and oxygen atoms in total. The van der Waals surface area contributed by atoms with E-state index in [2.05, 4.69) is 11.2 Å². The summed E-state index contributed by atoms with van der Waals surface area (Å²) in [5.74, 6) is 0.517. The molecule has 1 N–H and O–H groups in total. The molecule has 1 fully saturated rings. The lowest BCUT2D eigenvalue weighted by atomic mass is 10.2. The van der Waals surface area contributed by atoms with Crippen molar-refractivity contribution in [2.24, 2.45) is 0 Å². The normalized spacial score (nSPS) is 14.5. The lowest BCUT2D eigenvalue weighted by molar-refractivity contribution is 0.816. The van der Waals surface area contributed by atoms with Crippen LogP contribution in [0, 0.1) is 11.3 Å². The van der Waals surface area contributed by atoms with E-state index in [-0.39, 0.29) is 5.56 Å². The van der Waals surface area contributed by atoms with Crippen molar-refractivity contribution in [3.63, 3.8) is 0 Å². The Balaban J connectivity index is 2.08. The number of hydrogen-bond acceptors (Lipinski definition) is 2. The quantitative estimate of drug-likeness (QED) is 0.848. The van der Waals surface area contributed by atoms with E-state index in [1.807, 2.05) is 6.07 Å². The predicted octanol–water partition coefficient (Wildman–Crippen LogP) is 1.91. The summed E-state index contributed by atoms with van der Waals surface area (Å²) in [6, 6.07) is 10.7. The lowest BCUT2D eigenvalue weighted by Gasteiger charge is -2.01. The van der Waals surface area contributed by atoms with Crippen LogP contribution in [0.2, 0.25) is 0 Å². The molecular formula is C13H11N3O. The molecule has 1 aliphatic carbocycles. The van der Waals surface area contributed by atoms with Crippen molar-refractivity contribution in [1.29, 1.82) is 5.26 Å². The van der Waals surface area contributed by atoms with Gasteiger partial charge in [0, 0.05) is 17.7 Å². The predicted molar refractivity (Wildman–Crippen MR) is 63.1 cm³/mol. The van der Waals surface area contributed by atoms with Crippen LogP contribution >= 0.6 is 0 Å². The number of nitriles is 1. The van der Waals surface area contributed by atoms with Gasteiger partial charge in [0.15, 0.2) is 0 Å². The van der Waals surface area contributed by atoms with Gasteiger partial charge in [0.1, 0.15) is 0 Å². The third-order valence-electron chi connectivity index (χ3n) is 2.99. The number of hydrogen-bond donors (Lipinski definition) is 1. The summed E-state index contributed by atoms with van der Waals surface area (Å²) < 4.78 is 1.49. The Kier molecular flexibility index (Phi) is 2.12. The van der Waals surface area contributed by atoms with Crippen molar-refractivity contribution in [3.8, 4) is 11.8 Å². The SMILES string of the molecule is N#Cc1cccc(-n2[nH]c(C3CC3)cc2=O)c1. The Bertz CT molecular complexity index is 656. The molecule has 0 unspecified atom stereocenters. The summed E-state index contributed by atoms with van der Waals surface area (Å²) in [6.07, 6.45) is 2.30. The Morgan fingerprint density at radius 1 is 1.35 bits per heavy atom. The molecule has 1 aromatic carbocycles. The maximum Gasteiger partial charge on any atom is 0.271 e. The van der Waals surface area contributed by atoms with E-state index >= 15 is 0 Å². The maximum atomic E-state index is 11.8. The Hall–Kier alpha value is -2.28. The molecule has 0 radical (unpaired) electrons. The number of nitrogens with zero attached hydrogens (tertiary/aromatic N) is 2. The Labute approximate surface area is 98.1 Å². The number of aromatic nitrogens is 2. The van der Waals surface area contributed by atoms with Crippen LogP contribution < -0.4 is 5.56 Å². The van der Waals surface area contributed by atoms with Crippen molar-refractivity contribution in [2.75, 3.05) is 0 Å². The second-order valence-corrected chi connectivity index (χ2v) is 4.32. The number of rotatable bonds is 2. The monoisotopic (exact) mass is 225 g/mol. The summed E-state index contributed by atoms with van der Waals surface area (Å²) in [7, 11) is 0. The van der Waals surface area contributed by atoms with E-state index < -0.39 is 0 Å². The summed E-state index contributed by atoms with van der Waals surface area (Å²) in [5, 5.41) is 11.9. The smallest absolute Gasteiger partial charge is 0.271 e. The molecule has 0 spiro atoms. The molecule has 84 valence electrons. The number of aromatic amines is 1. The summed E-state index contributed by atoms with van der Waals surface area (Å²) in [5.41, 5.74) is 2.19. The number of H-pyrrole nitrogens is 1. The third kappa shape index (κ3) is 1.76. The first-order chi connectivity index (χ1) is 8.28. The van der Waals surface area contributed by atoms with Gasteiger partial charge in [-0.2, -0.15) is 5.26 Å². The van der Waals surface area contributed by atoms with Crippen LogP contribution in [0.4, 0.5) is 0 Å². The van der Waals surface area contributed by atoms with Gasteiger partial charge < -0.3 is 0 Å². The highest BCUT2D eigenvalue weighted by atomic mass is 16.1. The van der Waals surface area contributed by atoms with Crippen LogP contribution in [0.3, 0.4) is 0 Å². The van der Waals surface area contributed by atoms with Gasteiger partial charge in [-0.25, -0.2) is 4.68 Å². The van der Waals surface area contributed by atoms with Crippen molar-refractivity contribution in [1.82, 2.24) is 9.78 Å². The number of benzene rings is 1. The molecule has 17 heavy (non-hydrogen) atoms. The highest BCUT2D eigenvalue weighted by Crippen LogP contribution is 2.38. The fraction of sp³-hybridized carbons (Fsp3) is 0.231. The minimum atomic E-state index is -0.0676. The first kappa shape index (κ1) is 9.91. The summed E-state index contributed by atoms with van der Waals surface area (Å²) >= 11 is 0. The average Bonchev–Trinajstić information content (AvgIpc) is 3.13. The molecule has 0 aliphatic heterocycles. The average molecular weight is 225 g/mol. The van der Waals surface area contributed by atoms with Crippen LogP contribution in [0.1, 0.15) is 30.0 Å². The first-order valence-electron chi connectivity index (χ1n) is 5.60. The molecule has 0 bridgehead atoms. The van der Waals surface area contributed by atoms with Crippen molar-refractivity contribution >= 4 is 0 Å². The van der Waals surface area contributed by atoms with E-state index in [1.54, 1.807) is 24.3 Å². The fourth-order valence-electron chi connectivity index (χ4n) is 1.92. The van der Waals surface area contributed by atoms with Gasteiger partial charge in [-0.3, -0.25) is 9.89 Å². The number of nitrogens with one attached hydrogen (secondary N) is 1. The molecule has 3 rings (SSSR count). The lowest BCUT2D eigenvalue weighted by Crippen LogP contribution is -2.13. The highest BCUT2D eigenvalue weighted by Gasteiger charge is 2.26. The molecule has 1 saturated carbocycles. The van der Waals surface area contributed by atoms with Crippen LogP contribution in [0.15, 0.2) is 35.1 Å². The van der Waals surface area contributed by atoms with Gasteiger partial charge in [0.2, 0.25) is 0 Å². The molecule has 0 saturated heterocycles. The van der Waals surface area contributed by atoms with E-state index in [0.717, 1.165) is 18.5 Å². The Morgan fingerprint density at radius 2 is 2.18 bits per heavy atom. The maximum absolute atomic E-state index is 11.8. The zero-order chi connectivity index (χ0) is 11.8. The largest absolute Gasteiger partial charge is 0.295 e. The van der Waals surface area contributed by atoms with Gasteiger partial charge in [-0.1, -0.05) is 6.07 Å². The molecule has 1 aromatic heterocycles. The van der Waals surface area contributed by atoms with Gasteiger partial charge in [0.25, 0.3) is 5.56 Å². The molecule has 4 heteroatoms. The van der Waals surface area contributed by atoms with E-state index in [0.29, 0.717) is 17.2 Å². The fourth-order valence-corrected chi connectivity index (χ4v) is 1.92. The third-order valence-corrected chi connectivity index (χ3v) is 2.99. The van der Waals surface area contributed by atoms with Gasteiger partial charge >= 0.3 is 0 Å². The minimum Gasteiger partial charge on any atom is -0.295 e. The standard InChI is InChI=1S/C13H11N3O/c14-8-9-2-1-3-11(6-9)16-13(17)7-12(15-16)10-4-5-10/h1-3,6-7,10,15H,4-5H2. The molecule has 0 amide bonds. The van der Waals surface area contributed by atoms with Crippen molar-refractivity contribution in [3.05, 3.63) is 51.9 Å². The molecule has 1 heterocycles. The van der Waals surface area contributed by atoms with Gasteiger partial charge in [-0.15, -0.1) is 0 Å². The minimum absolute atomic E-state index is 0.0676. The van der Waals surface area contributed by atoms with Crippen molar-refractivity contribution < 1.29 is 0 Å². The molecule has 1 aliphatic rings. The summed E-state index contributed by atoms with van der Waals surface area (Å²) in [6.45, 7) is 0. The van der Waals surface area contributed by atoms with E-state index in [1.165, 1.54) is 4.68 Å². The zero-order valence-electron chi connectivity index (χ0n) is 9.18.